The summed E-state index contributed by atoms with van der Waals surface area (Å²) in [5.41, 5.74) is 9.02. The van der Waals surface area contributed by atoms with Crippen LogP contribution >= 0.6 is 27.3 Å². The van der Waals surface area contributed by atoms with Crippen LogP contribution in [0, 0.1) is 13.8 Å². The van der Waals surface area contributed by atoms with Crippen LogP contribution in [0.15, 0.2) is 34.8 Å². The fourth-order valence-corrected chi connectivity index (χ4v) is 4.51. The van der Waals surface area contributed by atoms with Gasteiger partial charge in [-0.25, -0.2) is 4.98 Å². The van der Waals surface area contributed by atoms with Gasteiger partial charge in [-0.1, -0.05) is 0 Å². The van der Waals surface area contributed by atoms with Gasteiger partial charge in [-0.2, -0.15) is 0 Å². The molecule has 0 atom stereocenters. The van der Waals surface area contributed by atoms with Crippen molar-refractivity contribution in [3.05, 3.63) is 56.5 Å². The lowest BCUT2D eigenvalue weighted by atomic mass is 10.1. The van der Waals surface area contributed by atoms with E-state index in [0.717, 1.165) is 25.9 Å². The number of hydrogen-bond donors (Lipinski definition) is 1. The highest BCUT2D eigenvalue weighted by molar-refractivity contribution is 9.10. The molecule has 2 heterocycles. The summed E-state index contributed by atoms with van der Waals surface area (Å²) in [5.74, 6) is -0.0121. The monoisotopic (exact) mass is 360 g/mol. The van der Waals surface area contributed by atoms with E-state index in [2.05, 4.69) is 20.9 Å². The number of anilines is 1. The van der Waals surface area contributed by atoms with Crippen molar-refractivity contribution in [1.29, 1.82) is 0 Å². The van der Waals surface area contributed by atoms with Gasteiger partial charge in [0.25, 0.3) is 0 Å². The highest BCUT2D eigenvalue weighted by Crippen LogP contribution is 2.38. The van der Waals surface area contributed by atoms with E-state index in [1.54, 1.807) is 24.3 Å². The van der Waals surface area contributed by atoms with Gasteiger partial charge >= 0.3 is 0 Å². The zero-order valence-corrected chi connectivity index (χ0v) is 14.0. The molecule has 3 rings (SSSR count). The molecule has 2 aromatic heterocycles. The summed E-state index contributed by atoms with van der Waals surface area (Å²) in [6, 6.07) is 9.00. The number of pyridine rings is 1. The maximum absolute atomic E-state index is 12.7. The van der Waals surface area contributed by atoms with Gasteiger partial charge < -0.3 is 5.73 Å². The van der Waals surface area contributed by atoms with Crippen LogP contribution in [0.5, 0.6) is 0 Å². The number of thiophene rings is 1. The van der Waals surface area contributed by atoms with Gasteiger partial charge in [0, 0.05) is 26.8 Å². The summed E-state index contributed by atoms with van der Waals surface area (Å²) in [5, 5.41) is 1.02. The van der Waals surface area contributed by atoms with Crippen LogP contribution < -0.4 is 5.73 Å². The molecule has 0 aliphatic rings. The van der Waals surface area contributed by atoms with Crippen molar-refractivity contribution in [2.45, 2.75) is 13.8 Å². The van der Waals surface area contributed by atoms with Crippen LogP contribution in [0.4, 0.5) is 5.69 Å². The zero-order valence-electron chi connectivity index (χ0n) is 11.6. The van der Waals surface area contributed by atoms with Crippen LogP contribution in [0.3, 0.4) is 0 Å². The van der Waals surface area contributed by atoms with E-state index < -0.39 is 0 Å². The SMILES string of the molecule is Cc1cc(C)c2c(Br)c(C(=O)c3ccc(N)cc3)sc2n1. The molecule has 0 aliphatic heterocycles. The van der Waals surface area contributed by atoms with Crippen LogP contribution in [0.25, 0.3) is 10.2 Å². The maximum Gasteiger partial charge on any atom is 0.204 e. The van der Waals surface area contributed by atoms with E-state index in [-0.39, 0.29) is 5.78 Å². The van der Waals surface area contributed by atoms with Gasteiger partial charge in [-0.15, -0.1) is 11.3 Å². The number of halogens is 1. The second-order valence-corrected chi connectivity index (χ2v) is 6.75. The third kappa shape index (κ3) is 2.47. The van der Waals surface area contributed by atoms with Crippen molar-refractivity contribution in [2.75, 3.05) is 5.73 Å². The standard InChI is InChI=1S/C16H13BrN2OS/c1-8-7-9(2)19-16-12(8)13(17)15(21-16)14(20)10-3-5-11(18)6-4-10/h3-7H,18H2,1-2H3. The summed E-state index contributed by atoms with van der Waals surface area (Å²) >= 11 is 4.99. The van der Waals surface area contributed by atoms with Crippen molar-refractivity contribution >= 4 is 49.0 Å². The Morgan fingerprint density at radius 1 is 1.24 bits per heavy atom. The molecule has 0 radical (unpaired) electrons. The lowest BCUT2D eigenvalue weighted by Gasteiger charge is -2.00. The highest BCUT2D eigenvalue weighted by Gasteiger charge is 2.20. The first kappa shape index (κ1) is 14.2. The smallest absolute Gasteiger partial charge is 0.204 e. The topological polar surface area (TPSA) is 56.0 Å². The Balaban J connectivity index is 2.16. The first-order valence-corrected chi connectivity index (χ1v) is 8.05. The van der Waals surface area contributed by atoms with Crippen LogP contribution in [-0.2, 0) is 0 Å². The van der Waals surface area contributed by atoms with Gasteiger partial charge in [-0.05, 0) is 65.7 Å². The lowest BCUT2D eigenvalue weighted by Crippen LogP contribution is -1.99. The molecular formula is C16H13BrN2OS. The Hall–Kier alpha value is -1.72. The summed E-state index contributed by atoms with van der Waals surface area (Å²) in [6.45, 7) is 3.99. The first-order chi connectivity index (χ1) is 9.97. The van der Waals surface area contributed by atoms with E-state index >= 15 is 0 Å². The van der Waals surface area contributed by atoms with E-state index in [1.165, 1.54) is 11.3 Å². The molecule has 0 fully saturated rings. The molecule has 0 aliphatic carbocycles. The van der Waals surface area contributed by atoms with Gasteiger partial charge in [-0.3, -0.25) is 4.79 Å². The van der Waals surface area contributed by atoms with Crippen LogP contribution in [-0.4, -0.2) is 10.8 Å². The maximum atomic E-state index is 12.7. The lowest BCUT2D eigenvalue weighted by molar-refractivity contribution is 0.104. The number of carbonyl (C=O) groups is 1. The molecule has 5 heteroatoms. The van der Waals surface area contributed by atoms with E-state index in [1.807, 2.05) is 19.9 Å². The van der Waals surface area contributed by atoms with Crippen LogP contribution in [0.2, 0.25) is 0 Å². The highest BCUT2D eigenvalue weighted by atomic mass is 79.9. The predicted octanol–water partition coefficient (Wildman–Crippen LogP) is 4.49. The van der Waals surface area contributed by atoms with E-state index in [4.69, 9.17) is 5.73 Å². The number of aryl methyl sites for hydroxylation is 2. The number of ketones is 1. The van der Waals surface area contributed by atoms with Crippen molar-refractivity contribution < 1.29 is 4.79 Å². The largest absolute Gasteiger partial charge is 0.399 e. The number of carbonyl (C=O) groups excluding carboxylic acids is 1. The Labute approximate surface area is 134 Å². The van der Waals surface area contributed by atoms with Crippen LogP contribution in [0.1, 0.15) is 26.5 Å². The van der Waals surface area contributed by atoms with Crippen molar-refractivity contribution in [2.24, 2.45) is 0 Å². The number of aromatic nitrogens is 1. The Bertz CT molecular complexity index is 853. The normalized spacial score (nSPS) is 11.0. The van der Waals surface area contributed by atoms with Gasteiger partial charge in [0.15, 0.2) is 0 Å². The van der Waals surface area contributed by atoms with Gasteiger partial charge in [0.2, 0.25) is 5.78 Å². The number of hydrogen-bond acceptors (Lipinski definition) is 4. The Morgan fingerprint density at radius 2 is 1.90 bits per heavy atom. The Morgan fingerprint density at radius 3 is 2.57 bits per heavy atom. The van der Waals surface area contributed by atoms with Crippen molar-refractivity contribution in [3.8, 4) is 0 Å². The molecule has 0 spiro atoms. The molecule has 0 unspecified atom stereocenters. The van der Waals surface area contributed by atoms with E-state index in [0.29, 0.717) is 16.1 Å². The molecule has 0 bridgehead atoms. The first-order valence-electron chi connectivity index (χ1n) is 6.44. The number of nitrogen functional groups attached to an aromatic ring is 1. The Kier molecular flexibility index (Phi) is 3.55. The summed E-state index contributed by atoms with van der Waals surface area (Å²) < 4.78 is 0.828. The molecule has 21 heavy (non-hydrogen) atoms. The number of benzene rings is 1. The minimum Gasteiger partial charge on any atom is -0.399 e. The molecule has 0 saturated heterocycles. The third-order valence-corrected chi connectivity index (χ3v) is 5.45. The fraction of sp³-hybridized carbons (Fsp3) is 0.125. The summed E-state index contributed by atoms with van der Waals surface area (Å²) in [4.78, 5) is 18.7. The second-order valence-electron chi connectivity index (χ2n) is 4.96. The number of nitrogens with zero attached hydrogens (tertiary/aromatic N) is 1. The zero-order chi connectivity index (χ0) is 15.1. The fourth-order valence-electron chi connectivity index (χ4n) is 2.31. The molecule has 1 aromatic carbocycles. The number of nitrogens with two attached hydrogens (primary N) is 1. The minimum atomic E-state index is -0.0121. The van der Waals surface area contributed by atoms with Gasteiger partial charge in [0.1, 0.15) is 4.83 Å². The minimum absolute atomic E-state index is 0.0121. The quantitative estimate of drug-likeness (QED) is 0.541. The van der Waals surface area contributed by atoms with E-state index in [9.17, 15) is 4.79 Å². The van der Waals surface area contributed by atoms with Crippen molar-refractivity contribution in [3.63, 3.8) is 0 Å². The molecule has 0 saturated carbocycles. The summed E-state index contributed by atoms with van der Waals surface area (Å²) in [6.07, 6.45) is 0. The number of rotatable bonds is 2. The molecule has 3 nitrogen and oxygen atoms in total. The predicted molar refractivity (Wildman–Crippen MR) is 91.1 cm³/mol. The third-order valence-electron chi connectivity index (χ3n) is 3.31. The average molecular weight is 361 g/mol. The second kappa shape index (κ2) is 5.24. The molecule has 2 N–H and O–H groups in total. The molecule has 106 valence electrons. The molecule has 3 aromatic rings. The average Bonchev–Trinajstić information content (AvgIpc) is 2.76. The van der Waals surface area contributed by atoms with Crippen molar-refractivity contribution in [1.82, 2.24) is 4.98 Å². The molecular weight excluding hydrogens is 348 g/mol. The number of fused-ring (bicyclic) bond motifs is 1. The van der Waals surface area contributed by atoms with Gasteiger partial charge in [0.05, 0.1) is 4.88 Å². The molecule has 0 amide bonds. The summed E-state index contributed by atoms with van der Waals surface area (Å²) in [7, 11) is 0.